The molecule has 0 heterocycles. The molecule has 1 saturated carbocycles. The van der Waals surface area contributed by atoms with Gasteiger partial charge in [0.25, 0.3) is 0 Å². The van der Waals surface area contributed by atoms with E-state index in [1.807, 2.05) is 32.0 Å². The van der Waals surface area contributed by atoms with Crippen LogP contribution in [-0.2, 0) is 0 Å². The Bertz CT molecular complexity index is 390. The van der Waals surface area contributed by atoms with Crippen molar-refractivity contribution in [2.75, 3.05) is 0 Å². The second-order valence-corrected chi connectivity index (χ2v) is 4.98. The van der Waals surface area contributed by atoms with Gasteiger partial charge < -0.3 is 15.6 Å². The molecule has 3 heteroatoms. The molecule has 3 atom stereocenters. The summed E-state index contributed by atoms with van der Waals surface area (Å²) in [6.07, 6.45) is 2.38. The van der Waals surface area contributed by atoms with E-state index < -0.39 is 0 Å². The van der Waals surface area contributed by atoms with Crippen LogP contribution in [0, 0.1) is 6.92 Å². The van der Waals surface area contributed by atoms with E-state index in [1.165, 1.54) is 0 Å². The molecule has 17 heavy (non-hydrogen) atoms. The summed E-state index contributed by atoms with van der Waals surface area (Å²) < 4.78 is 5.93. The lowest BCUT2D eigenvalue weighted by Crippen LogP contribution is -2.26. The zero-order valence-corrected chi connectivity index (χ0v) is 10.5. The van der Waals surface area contributed by atoms with Gasteiger partial charge in [-0.05, 0) is 44.7 Å². The molecule has 0 aromatic heterocycles. The Morgan fingerprint density at radius 1 is 1.41 bits per heavy atom. The second kappa shape index (κ2) is 5.07. The molecule has 3 N–H and O–H groups in total. The summed E-state index contributed by atoms with van der Waals surface area (Å²) in [5.74, 6) is 0.825. The first-order valence-electron chi connectivity index (χ1n) is 6.29. The number of aliphatic hydroxyl groups is 1. The predicted octanol–water partition coefficient (Wildman–Crippen LogP) is 2.31. The van der Waals surface area contributed by atoms with E-state index in [4.69, 9.17) is 10.5 Å². The Labute approximate surface area is 103 Å². The number of benzene rings is 1. The van der Waals surface area contributed by atoms with Crippen molar-refractivity contribution in [3.05, 3.63) is 29.3 Å². The van der Waals surface area contributed by atoms with Crippen molar-refractivity contribution in [3.63, 3.8) is 0 Å². The van der Waals surface area contributed by atoms with E-state index in [0.29, 0.717) is 0 Å². The summed E-state index contributed by atoms with van der Waals surface area (Å²) in [7, 11) is 0. The van der Waals surface area contributed by atoms with Gasteiger partial charge >= 0.3 is 0 Å². The molecule has 3 nitrogen and oxygen atoms in total. The molecule has 2 rings (SSSR count). The highest BCUT2D eigenvalue weighted by Gasteiger charge is 2.27. The van der Waals surface area contributed by atoms with Crippen molar-refractivity contribution in [1.82, 2.24) is 0 Å². The first-order valence-corrected chi connectivity index (χ1v) is 6.29. The highest BCUT2D eigenvalue weighted by Crippen LogP contribution is 2.30. The minimum Gasteiger partial charge on any atom is -0.487 e. The first-order chi connectivity index (χ1) is 8.08. The largest absolute Gasteiger partial charge is 0.487 e. The van der Waals surface area contributed by atoms with Gasteiger partial charge in [-0.1, -0.05) is 12.1 Å². The smallest absolute Gasteiger partial charge is 0.124 e. The van der Waals surface area contributed by atoms with Gasteiger partial charge in [0.05, 0.1) is 6.10 Å². The molecule has 1 aromatic carbocycles. The molecule has 0 amide bonds. The number of hydrogen-bond acceptors (Lipinski definition) is 3. The van der Waals surface area contributed by atoms with Gasteiger partial charge in [-0.2, -0.15) is 0 Å². The lowest BCUT2D eigenvalue weighted by atomic mass is 10.1. The molecule has 0 bridgehead atoms. The fraction of sp³-hybridized carbons (Fsp3) is 0.571. The van der Waals surface area contributed by atoms with E-state index >= 15 is 0 Å². The predicted molar refractivity (Wildman–Crippen MR) is 68.1 cm³/mol. The van der Waals surface area contributed by atoms with Crippen LogP contribution in [-0.4, -0.2) is 17.3 Å². The SMILES string of the molecule is Cc1ccc([C@@H](C)N)c(OC2CCCC2O)c1. The van der Waals surface area contributed by atoms with Crippen LogP contribution in [0.2, 0.25) is 0 Å². The maximum absolute atomic E-state index is 9.79. The lowest BCUT2D eigenvalue weighted by Gasteiger charge is -2.21. The zero-order valence-electron chi connectivity index (χ0n) is 10.5. The zero-order chi connectivity index (χ0) is 12.4. The summed E-state index contributed by atoms with van der Waals surface area (Å²) >= 11 is 0. The van der Waals surface area contributed by atoms with Crippen molar-refractivity contribution in [2.45, 2.75) is 51.4 Å². The molecule has 0 radical (unpaired) electrons. The molecule has 0 spiro atoms. The molecule has 0 saturated heterocycles. The molecule has 0 aliphatic heterocycles. The van der Waals surface area contributed by atoms with Crippen molar-refractivity contribution >= 4 is 0 Å². The number of hydrogen-bond donors (Lipinski definition) is 2. The van der Waals surface area contributed by atoms with E-state index in [9.17, 15) is 5.11 Å². The van der Waals surface area contributed by atoms with Crippen LogP contribution < -0.4 is 10.5 Å². The molecule has 1 aliphatic rings. The maximum Gasteiger partial charge on any atom is 0.124 e. The maximum atomic E-state index is 9.79. The molecule has 1 aromatic rings. The molecule has 1 aliphatic carbocycles. The average Bonchev–Trinajstić information content (AvgIpc) is 2.64. The van der Waals surface area contributed by atoms with Crippen molar-refractivity contribution < 1.29 is 9.84 Å². The monoisotopic (exact) mass is 235 g/mol. The molecular weight excluding hydrogens is 214 g/mol. The van der Waals surface area contributed by atoms with E-state index in [-0.39, 0.29) is 18.2 Å². The number of nitrogens with two attached hydrogens (primary N) is 1. The summed E-state index contributed by atoms with van der Waals surface area (Å²) in [5, 5.41) is 9.79. The Kier molecular flexibility index (Phi) is 3.69. The highest BCUT2D eigenvalue weighted by atomic mass is 16.5. The van der Waals surface area contributed by atoms with Crippen LogP contribution in [0.25, 0.3) is 0 Å². The fourth-order valence-corrected chi connectivity index (χ4v) is 2.33. The third kappa shape index (κ3) is 2.79. The molecule has 2 unspecified atom stereocenters. The van der Waals surface area contributed by atoms with Crippen LogP contribution in [0.1, 0.15) is 43.4 Å². The van der Waals surface area contributed by atoms with Gasteiger partial charge in [-0.15, -0.1) is 0 Å². The Balaban J connectivity index is 2.21. The van der Waals surface area contributed by atoms with E-state index in [0.717, 1.165) is 36.1 Å². The van der Waals surface area contributed by atoms with Crippen molar-refractivity contribution in [2.24, 2.45) is 5.73 Å². The van der Waals surface area contributed by atoms with Gasteiger partial charge in [-0.25, -0.2) is 0 Å². The number of aliphatic hydroxyl groups excluding tert-OH is 1. The van der Waals surface area contributed by atoms with Crippen LogP contribution in [0.3, 0.4) is 0 Å². The van der Waals surface area contributed by atoms with Gasteiger partial charge in [0, 0.05) is 11.6 Å². The average molecular weight is 235 g/mol. The van der Waals surface area contributed by atoms with E-state index in [2.05, 4.69) is 0 Å². The van der Waals surface area contributed by atoms with Crippen LogP contribution in [0.4, 0.5) is 0 Å². The van der Waals surface area contributed by atoms with Crippen LogP contribution >= 0.6 is 0 Å². The quantitative estimate of drug-likeness (QED) is 0.845. The van der Waals surface area contributed by atoms with Gasteiger partial charge in [0.15, 0.2) is 0 Å². The normalized spacial score (nSPS) is 25.9. The van der Waals surface area contributed by atoms with Crippen LogP contribution in [0.15, 0.2) is 18.2 Å². The van der Waals surface area contributed by atoms with Crippen molar-refractivity contribution in [1.29, 1.82) is 0 Å². The third-order valence-corrected chi connectivity index (χ3v) is 3.36. The minimum absolute atomic E-state index is 0.0517. The highest BCUT2D eigenvalue weighted by molar-refractivity contribution is 5.39. The van der Waals surface area contributed by atoms with Gasteiger partial charge in [-0.3, -0.25) is 0 Å². The molecule has 1 fully saturated rings. The van der Waals surface area contributed by atoms with Gasteiger partial charge in [0.2, 0.25) is 0 Å². The minimum atomic E-state index is -0.337. The second-order valence-electron chi connectivity index (χ2n) is 4.98. The molecular formula is C14H21NO2. The molecule has 94 valence electrons. The fourth-order valence-electron chi connectivity index (χ4n) is 2.33. The summed E-state index contributed by atoms with van der Waals surface area (Å²) in [4.78, 5) is 0. The first kappa shape index (κ1) is 12.4. The van der Waals surface area contributed by atoms with E-state index in [1.54, 1.807) is 0 Å². The van der Waals surface area contributed by atoms with Crippen LogP contribution in [0.5, 0.6) is 5.75 Å². The summed E-state index contributed by atoms with van der Waals surface area (Å²) in [6, 6.07) is 6.00. The van der Waals surface area contributed by atoms with Crippen molar-refractivity contribution in [3.8, 4) is 5.75 Å². The Morgan fingerprint density at radius 2 is 2.18 bits per heavy atom. The standard InChI is InChI=1S/C14H21NO2/c1-9-6-7-11(10(2)15)14(8-9)17-13-5-3-4-12(13)16/h6-8,10,12-13,16H,3-5,15H2,1-2H3/t10-,12?,13?/m1/s1. The summed E-state index contributed by atoms with van der Waals surface area (Å²) in [6.45, 7) is 3.98. The Morgan fingerprint density at radius 3 is 2.76 bits per heavy atom. The number of rotatable bonds is 3. The van der Waals surface area contributed by atoms with Gasteiger partial charge in [0.1, 0.15) is 11.9 Å². The Hall–Kier alpha value is -1.06. The number of ether oxygens (including phenoxy) is 1. The third-order valence-electron chi connectivity index (χ3n) is 3.36. The number of aryl methyl sites for hydroxylation is 1. The topological polar surface area (TPSA) is 55.5 Å². The lowest BCUT2D eigenvalue weighted by molar-refractivity contribution is 0.0595. The summed E-state index contributed by atoms with van der Waals surface area (Å²) in [5.41, 5.74) is 8.09.